The number of benzene rings is 2. The van der Waals surface area contributed by atoms with Crippen molar-refractivity contribution < 1.29 is 28.5 Å². The van der Waals surface area contributed by atoms with E-state index in [-0.39, 0.29) is 12.6 Å². The number of fused-ring (bicyclic) bond motifs is 3. The smallest absolute Gasteiger partial charge is 0.338 e. The SMILES string of the molecule is Cc1ccc(C(=O)OC[C@H]2O[C@@H]3[C@@H](Oc4nc(=O)c(C)cn43)[C@H]2OC(=O)c2ccc(C)cc2)cc1. The first-order chi connectivity index (χ1) is 16.8. The maximum absolute atomic E-state index is 12.9. The number of aryl methyl sites for hydroxylation is 3. The predicted molar refractivity (Wildman–Crippen MR) is 123 cm³/mol. The molecule has 9 heteroatoms. The molecule has 0 unspecified atom stereocenters. The van der Waals surface area contributed by atoms with Gasteiger partial charge in [0.15, 0.2) is 18.4 Å². The number of ether oxygens (including phenoxy) is 4. The number of carbonyl (C=O) groups excluding carboxylic acids is 2. The van der Waals surface area contributed by atoms with Crippen molar-refractivity contribution in [2.75, 3.05) is 6.61 Å². The highest BCUT2D eigenvalue weighted by Gasteiger charge is 2.54. The van der Waals surface area contributed by atoms with Crippen LogP contribution in [0.5, 0.6) is 6.01 Å². The largest absolute Gasteiger partial charge is 0.459 e. The van der Waals surface area contributed by atoms with Crippen molar-refractivity contribution in [3.8, 4) is 6.01 Å². The van der Waals surface area contributed by atoms with Crippen LogP contribution in [0.4, 0.5) is 0 Å². The lowest BCUT2D eigenvalue weighted by molar-refractivity contribution is -0.0575. The number of hydrogen-bond donors (Lipinski definition) is 0. The first kappa shape index (κ1) is 22.8. The summed E-state index contributed by atoms with van der Waals surface area (Å²) in [4.78, 5) is 41.4. The van der Waals surface area contributed by atoms with Gasteiger partial charge in [0.1, 0.15) is 12.7 Å². The minimum absolute atomic E-state index is 0.0853. The van der Waals surface area contributed by atoms with E-state index in [1.807, 2.05) is 38.1 Å². The highest BCUT2D eigenvalue weighted by atomic mass is 16.7. The molecule has 1 aromatic heterocycles. The van der Waals surface area contributed by atoms with Gasteiger partial charge in [0.05, 0.1) is 11.1 Å². The van der Waals surface area contributed by atoms with Gasteiger partial charge in [-0.15, -0.1) is 0 Å². The molecule has 0 saturated carbocycles. The zero-order valence-electron chi connectivity index (χ0n) is 19.5. The van der Waals surface area contributed by atoms with Crippen molar-refractivity contribution in [1.82, 2.24) is 9.55 Å². The Hall–Kier alpha value is -3.98. The van der Waals surface area contributed by atoms with E-state index in [1.54, 1.807) is 42.0 Å². The van der Waals surface area contributed by atoms with Crippen LogP contribution >= 0.6 is 0 Å². The third-order valence-electron chi connectivity index (χ3n) is 6.09. The first-order valence-electron chi connectivity index (χ1n) is 11.2. The molecule has 0 aliphatic carbocycles. The number of hydrogen-bond acceptors (Lipinski definition) is 8. The summed E-state index contributed by atoms with van der Waals surface area (Å²) in [6.07, 6.45) is -1.57. The Bertz CT molecular complexity index is 1330. The van der Waals surface area contributed by atoms with Crippen LogP contribution in [-0.4, -0.2) is 46.4 Å². The Kier molecular flexibility index (Phi) is 5.86. The molecule has 4 atom stereocenters. The second-order valence-corrected chi connectivity index (χ2v) is 8.77. The molecule has 2 aromatic carbocycles. The average Bonchev–Trinajstić information content (AvgIpc) is 3.34. The molecule has 0 radical (unpaired) electrons. The van der Waals surface area contributed by atoms with E-state index < -0.39 is 42.0 Å². The van der Waals surface area contributed by atoms with E-state index in [0.717, 1.165) is 11.1 Å². The molecule has 0 spiro atoms. The Balaban J connectivity index is 1.38. The van der Waals surface area contributed by atoms with Crippen LogP contribution < -0.4 is 10.3 Å². The molecule has 0 bridgehead atoms. The van der Waals surface area contributed by atoms with Crippen LogP contribution in [-0.2, 0) is 14.2 Å². The Morgan fingerprint density at radius 3 is 2.17 bits per heavy atom. The first-order valence-corrected chi connectivity index (χ1v) is 11.2. The second kappa shape index (κ2) is 8.99. The summed E-state index contributed by atoms with van der Waals surface area (Å²) < 4.78 is 24.9. The van der Waals surface area contributed by atoms with Gasteiger partial charge < -0.3 is 18.9 Å². The number of rotatable bonds is 5. The molecule has 2 aliphatic heterocycles. The van der Waals surface area contributed by atoms with Crippen molar-refractivity contribution in [2.45, 2.75) is 45.3 Å². The Morgan fingerprint density at radius 2 is 1.54 bits per heavy atom. The summed E-state index contributed by atoms with van der Waals surface area (Å²) >= 11 is 0. The van der Waals surface area contributed by atoms with Gasteiger partial charge in [0, 0.05) is 11.8 Å². The van der Waals surface area contributed by atoms with Gasteiger partial charge in [-0.05, 0) is 45.0 Å². The monoisotopic (exact) mass is 476 g/mol. The molecule has 0 N–H and O–H groups in total. The summed E-state index contributed by atoms with van der Waals surface area (Å²) in [5, 5.41) is 0. The second-order valence-electron chi connectivity index (χ2n) is 8.77. The molecule has 5 rings (SSSR count). The molecule has 3 heterocycles. The summed E-state index contributed by atoms with van der Waals surface area (Å²) in [6.45, 7) is 5.33. The van der Waals surface area contributed by atoms with E-state index in [9.17, 15) is 14.4 Å². The zero-order valence-corrected chi connectivity index (χ0v) is 19.5. The molecule has 9 nitrogen and oxygen atoms in total. The summed E-state index contributed by atoms with van der Waals surface area (Å²) in [5.74, 6) is -1.08. The predicted octanol–water partition coefficient (Wildman–Crippen LogP) is 2.91. The van der Waals surface area contributed by atoms with Gasteiger partial charge in [-0.2, -0.15) is 4.98 Å². The molecule has 180 valence electrons. The zero-order chi connectivity index (χ0) is 24.7. The van der Waals surface area contributed by atoms with E-state index >= 15 is 0 Å². The number of aromatic nitrogens is 2. The molecule has 35 heavy (non-hydrogen) atoms. The molecular weight excluding hydrogens is 452 g/mol. The molecule has 0 amide bonds. The fourth-order valence-corrected chi connectivity index (χ4v) is 4.09. The van der Waals surface area contributed by atoms with Gasteiger partial charge in [-0.25, -0.2) is 9.59 Å². The fourth-order valence-electron chi connectivity index (χ4n) is 4.09. The third-order valence-corrected chi connectivity index (χ3v) is 6.09. The summed E-state index contributed by atoms with van der Waals surface area (Å²) in [7, 11) is 0. The van der Waals surface area contributed by atoms with E-state index in [0.29, 0.717) is 16.7 Å². The van der Waals surface area contributed by atoms with Gasteiger partial charge >= 0.3 is 17.9 Å². The number of esters is 2. The number of nitrogens with zero attached hydrogens (tertiary/aromatic N) is 2. The lowest BCUT2D eigenvalue weighted by atomic mass is 10.1. The van der Waals surface area contributed by atoms with E-state index in [2.05, 4.69) is 4.98 Å². The number of carbonyl (C=O) groups is 2. The van der Waals surface area contributed by atoms with Crippen LogP contribution in [0.2, 0.25) is 0 Å². The van der Waals surface area contributed by atoms with E-state index in [1.165, 1.54) is 0 Å². The van der Waals surface area contributed by atoms with Crippen molar-refractivity contribution >= 4 is 11.9 Å². The van der Waals surface area contributed by atoms with Crippen molar-refractivity contribution in [3.63, 3.8) is 0 Å². The van der Waals surface area contributed by atoms with Crippen LogP contribution in [0.25, 0.3) is 0 Å². The topological polar surface area (TPSA) is 106 Å². The van der Waals surface area contributed by atoms with E-state index in [4.69, 9.17) is 18.9 Å². The normalized spacial score (nSPS) is 22.1. The van der Waals surface area contributed by atoms with Crippen LogP contribution in [0, 0.1) is 20.8 Å². The lowest BCUT2D eigenvalue weighted by Crippen LogP contribution is -2.40. The maximum Gasteiger partial charge on any atom is 0.338 e. The third kappa shape index (κ3) is 4.42. The Morgan fingerprint density at radius 1 is 0.943 bits per heavy atom. The van der Waals surface area contributed by atoms with Gasteiger partial charge in [-0.3, -0.25) is 9.36 Å². The molecular formula is C26H24N2O7. The van der Waals surface area contributed by atoms with Gasteiger partial charge in [0.25, 0.3) is 5.56 Å². The van der Waals surface area contributed by atoms with Crippen molar-refractivity contribution in [2.24, 2.45) is 0 Å². The summed E-state index contributed by atoms with van der Waals surface area (Å²) in [5.41, 5.74) is 2.81. The minimum atomic E-state index is -0.906. The van der Waals surface area contributed by atoms with Crippen LogP contribution in [0.15, 0.2) is 59.5 Å². The highest BCUT2D eigenvalue weighted by Crippen LogP contribution is 2.41. The highest BCUT2D eigenvalue weighted by molar-refractivity contribution is 5.90. The lowest BCUT2D eigenvalue weighted by Gasteiger charge is -2.22. The molecule has 3 aromatic rings. The summed E-state index contributed by atoms with van der Waals surface area (Å²) in [6, 6.07) is 14.1. The minimum Gasteiger partial charge on any atom is -0.459 e. The van der Waals surface area contributed by atoms with Crippen molar-refractivity contribution in [1.29, 1.82) is 0 Å². The van der Waals surface area contributed by atoms with Crippen LogP contribution in [0.3, 0.4) is 0 Å². The standard InChI is InChI=1S/C26H24N2O7/c1-14-4-8-17(9-5-14)24(30)32-13-19-20(34-25(31)18-10-6-15(2)7-11-18)21-23(33-19)28-12-16(3)22(29)27-26(28)35-21/h4-12,19-21,23H,13H2,1-3H3/t19-,20+,21+,23-/m1/s1. The molecule has 2 aliphatic rings. The fraction of sp³-hybridized carbons (Fsp3) is 0.308. The Labute approximate surface area is 201 Å². The van der Waals surface area contributed by atoms with Crippen LogP contribution in [0.1, 0.15) is 43.6 Å². The van der Waals surface area contributed by atoms with Gasteiger partial charge in [0.2, 0.25) is 0 Å². The maximum atomic E-state index is 12.9. The molecule has 1 saturated heterocycles. The quantitative estimate of drug-likeness (QED) is 0.518. The van der Waals surface area contributed by atoms with Gasteiger partial charge in [-0.1, -0.05) is 35.4 Å². The molecule has 1 fully saturated rings. The van der Waals surface area contributed by atoms with Crippen molar-refractivity contribution in [3.05, 3.63) is 92.9 Å². The average molecular weight is 476 g/mol.